The molecule has 0 aromatic heterocycles. The molecule has 2 saturated carbocycles. The zero-order valence-electron chi connectivity index (χ0n) is 16.2. The van der Waals surface area contributed by atoms with E-state index in [1.54, 1.807) is 0 Å². The highest BCUT2D eigenvalue weighted by Crippen LogP contribution is 2.61. The first-order chi connectivity index (χ1) is 12.5. The summed E-state index contributed by atoms with van der Waals surface area (Å²) in [6.07, 6.45) is 9.47. The van der Waals surface area contributed by atoms with E-state index < -0.39 is 0 Å². The van der Waals surface area contributed by atoms with Crippen molar-refractivity contribution in [1.82, 2.24) is 0 Å². The molecule has 3 aliphatic carbocycles. The number of phenols is 1. The molecule has 0 aliphatic heterocycles. The van der Waals surface area contributed by atoms with Crippen molar-refractivity contribution >= 4 is 5.97 Å². The van der Waals surface area contributed by atoms with Crippen LogP contribution in [0.5, 0.6) is 5.75 Å². The van der Waals surface area contributed by atoms with Crippen LogP contribution in [-0.4, -0.2) is 17.2 Å². The maximum atomic E-state index is 12.2. The van der Waals surface area contributed by atoms with E-state index in [-0.39, 0.29) is 17.5 Å². The summed E-state index contributed by atoms with van der Waals surface area (Å²) < 4.78 is 5.98. The molecule has 0 unspecified atom stereocenters. The molecule has 0 spiro atoms. The molecule has 26 heavy (non-hydrogen) atoms. The van der Waals surface area contributed by atoms with Crippen LogP contribution < -0.4 is 0 Å². The van der Waals surface area contributed by atoms with Crippen molar-refractivity contribution in [2.45, 2.75) is 83.7 Å². The van der Waals surface area contributed by atoms with Crippen LogP contribution in [0.15, 0.2) is 18.2 Å². The summed E-state index contributed by atoms with van der Waals surface area (Å²) in [5.74, 6) is 2.37. The van der Waals surface area contributed by atoms with Gasteiger partial charge in [0.2, 0.25) is 0 Å². The monoisotopic (exact) mass is 356 g/mol. The largest absolute Gasteiger partial charge is 0.508 e. The highest BCUT2D eigenvalue weighted by molar-refractivity contribution is 5.69. The molecule has 4 rings (SSSR count). The van der Waals surface area contributed by atoms with Crippen molar-refractivity contribution in [3.63, 3.8) is 0 Å². The van der Waals surface area contributed by atoms with Gasteiger partial charge in [0.25, 0.3) is 0 Å². The molecular formula is C23H32O3. The van der Waals surface area contributed by atoms with Crippen LogP contribution in [-0.2, 0) is 16.0 Å². The topological polar surface area (TPSA) is 46.5 Å². The number of rotatable bonds is 4. The Morgan fingerprint density at radius 3 is 2.92 bits per heavy atom. The molecule has 3 nitrogen and oxygen atoms in total. The number of aromatic hydroxyl groups is 1. The van der Waals surface area contributed by atoms with E-state index in [0.717, 1.165) is 32.1 Å². The molecule has 0 amide bonds. The Kier molecular flexibility index (Phi) is 4.75. The van der Waals surface area contributed by atoms with Crippen molar-refractivity contribution in [2.24, 2.45) is 17.3 Å². The molecule has 0 saturated heterocycles. The Balaban J connectivity index is 1.51. The fourth-order valence-corrected chi connectivity index (χ4v) is 6.25. The summed E-state index contributed by atoms with van der Waals surface area (Å²) in [6.45, 7) is 4.49. The van der Waals surface area contributed by atoms with E-state index in [1.165, 1.54) is 30.4 Å². The molecule has 142 valence electrons. The molecule has 3 aliphatic rings. The second-order valence-electron chi connectivity index (χ2n) is 9.00. The van der Waals surface area contributed by atoms with Gasteiger partial charge >= 0.3 is 5.97 Å². The average molecular weight is 357 g/mol. The number of carbonyl (C=O) groups is 1. The van der Waals surface area contributed by atoms with Gasteiger partial charge < -0.3 is 9.84 Å². The van der Waals surface area contributed by atoms with E-state index in [2.05, 4.69) is 19.9 Å². The Labute approximate surface area is 157 Å². The smallest absolute Gasteiger partial charge is 0.306 e. The molecule has 0 heterocycles. The second kappa shape index (κ2) is 6.90. The SMILES string of the molecule is CCCCC(=O)O[C@@H]1CC[C@@H]2[C@@H]3CCc4cc(O)ccc4[C@H]3CC[C@]21C. The quantitative estimate of drug-likeness (QED) is 0.740. The first kappa shape index (κ1) is 17.9. The second-order valence-corrected chi connectivity index (χ2v) is 9.00. The van der Waals surface area contributed by atoms with Gasteiger partial charge in [-0.15, -0.1) is 0 Å². The number of hydrogen-bond acceptors (Lipinski definition) is 3. The number of ether oxygens (including phenoxy) is 1. The summed E-state index contributed by atoms with van der Waals surface area (Å²) in [4.78, 5) is 12.2. The first-order valence-electron chi connectivity index (χ1n) is 10.5. The Hall–Kier alpha value is -1.51. The Morgan fingerprint density at radius 1 is 1.27 bits per heavy atom. The molecule has 1 N–H and O–H groups in total. The summed E-state index contributed by atoms with van der Waals surface area (Å²) >= 11 is 0. The number of hydrogen-bond donors (Lipinski definition) is 1. The average Bonchev–Trinajstić information content (AvgIpc) is 2.96. The fourth-order valence-electron chi connectivity index (χ4n) is 6.25. The lowest BCUT2D eigenvalue weighted by molar-refractivity contribution is -0.157. The lowest BCUT2D eigenvalue weighted by atomic mass is 9.55. The number of carbonyl (C=O) groups excluding carboxylic acids is 1. The van der Waals surface area contributed by atoms with Crippen LogP contribution in [0.1, 0.15) is 82.3 Å². The van der Waals surface area contributed by atoms with Crippen molar-refractivity contribution < 1.29 is 14.6 Å². The number of phenolic OH excluding ortho intramolecular Hbond substituents is 1. The third-order valence-electron chi connectivity index (χ3n) is 7.63. The minimum atomic E-state index is 0.00492. The van der Waals surface area contributed by atoms with Gasteiger partial charge in [-0.05, 0) is 86.0 Å². The van der Waals surface area contributed by atoms with Crippen LogP contribution >= 0.6 is 0 Å². The first-order valence-corrected chi connectivity index (χ1v) is 10.5. The van der Waals surface area contributed by atoms with E-state index >= 15 is 0 Å². The maximum Gasteiger partial charge on any atom is 0.306 e. The number of fused-ring (bicyclic) bond motifs is 5. The highest BCUT2D eigenvalue weighted by atomic mass is 16.5. The van der Waals surface area contributed by atoms with Gasteiger partial charge in [-0.25, -0.2) is 0 Å². The zero-order chi connectivity index (χ0) is 18.3. The van der Waals surface area contributed by atoms with Crippen molar-refractivity contribution in [1.29, 1.82) is 0 Å². The molecule has 1 aromatic carbocycles. The van der Waals surface area contributed by atoms with Crippen LogP contribution in [0.25, 0.3) is 0 Å². The van der Waals surface area contributed by atoms with Gasteiger partial charge in [-0.1, -0.05) is 26.3 Å². The predicted octanol–water partition coefficient (Wildman–Crippen LogP) is 5.35. The predicted molar refractivity (Wildman–Crippen MR) is 102 cm³/mol. The molecule has 1 aromatic rings. The Bertz CT molecular complexity index is 682. The third-order valence-corrected chi connectivity index (χ3v) is 7.63. The van der Waals surface area contributed by atoms with Gasteiger partial charge in [0.05, 0.1) is 0 Å². The van der Waals surface area contributed by atoms with Gasteiger partial charge in [-0.3, -0.25) is 4.79 Å². The number of esters is 1. The summed E-state index contributed by atoms with van der Waals surface area (Å²) in [5, 5.41) is 9.81. The third kappa shape index (κ3) is 2.93. The van der Waals surface area contributed by atoms with Crippen LogP contribution in [0.3, 0.4) is 0 Å². The van der Waals surface area contributed by atoms with Crippen molar-refractivity contribution in [3.8, 4) is 5.75 Å². The van der Waals surface area contributed by atoms with E-state index in [9.17, 15) is 9.90 Å². The van der Waals surface area contributed by atoms with Gasteiger partial charge in [0, 0.05) is 11.8 Å². The lowest BCUT2D eigenvalue weighted by Crippen LogP contribution is -2.45. The van der Waals surface area contributed by atoms with E-state index in [0.29, 0.717) is 29.9 Å². The van der Waals surface area contributed by atoms with Gasteiger partial charge in [0.15, 0.2) is 0 Å². The summed E-state index contributed by atoms with van der Waals surface area (Å²) in [7, 11) is 0. The van der Waals surface area contributed by atoms with Gasteiger partial charge in [-0.2, -0.15) is 0 Å². The minimum Gasteiger partial charge on any atom is -0.508 e. The molecule has 2 fully saturated rings. The molecular weight excluding hydrogens is 324 g/mol. The van der Waals surface area contributed by atoms with E-state index in [4.69, 9.17) is 4.74 Å². The number of benzene rings is 1. The fraction of sp³-hybridized carbons (Fsp3) is 0.696. The molecule has 3 heteroatoms. The number of unbranched alkanes of at least 4 members (excludes halogenated alkanes) is 1. The van der Waals surface area contributed by atoms with Gasteiger partial charge in [0.1, 0.15) is 11.9 Å². The lowest BCUT2D eigenvalue weighted by Gasteiger charge is -2.50. The standard InChI is InChI=1S/C23H32O3/c1-3-4-5-22(25)26-21-11-10-20-19-8-6-15-14-16(24)7-9-17(15)18(19)12-13-23(20,21)2/h7,9,14,18-21,24H,3-6,8,10-13H2,1-2H3/t18-,19-,20-,21-,23-/m1/s1. The van der Waals surface area contributed by atoms with Crippen LogP contribution in [0.4, 0.5) is 0 Å². The highest BCUT2D eigenvalue weighted by Gasteiger charge is 2.56. The number of aryl methyl sites for hydroxylation is 1. The molecule has 0 bridgehead atoms. The van der Waals surface area contributed by atoms with E-state index in [1.807, 2.05) is 12.1 Å². The summed E-state index contributed by atoms with van der Waals surface area (Å²) in [6, 6.07) is 5.97. The Morgan fingerprint density at radius 2 is 2.12 bits per heavy atom. The minimum absolute atomic E-state index is 0.00492. The summed E-state index contributed by atoms with van der Waals surface area (Å²) in [5.41, 5.74) is 2.96. The zero-order valence-corrected chi connectivity index (χ0v) is 16.2. The molecule has 0 radical (unpaired) electrons. The molecule has 5 atom stereocenters. The van der Waals surface area contributed by atoms with Crippen molar-refractivity contribution in [2.75, 3.05) is 0 Å². The maximum absolute atomic E-state index is 12.2. The van der Waals surface area contributed by atoms with Crippen molar-refractivity contribution in [3.05, 3.63) is 29.3 Å². The van der Waals surface area contributed by atoms with Crippen LogP contribution in [0.2, 0.25) is 0 Å². The van der Waals surface area contributed by atoms with Crippen LogP contribution in [0, 0.1) is 17.3 Å². The normalized spacial score (nSPS) is 35.3.